The Morgan fingerprint density at radius 3 is 3.08 bits per heavy atom. The van der Waals surface area contributed by atoms with Crippen LogP contribution in [0.1, 0.15) is 5.56 Å². The number of benzene rings is 1. The van der Waals surface area contributed by atoms with E-state index in [-0.39, 0.29) is 0 Å². The second-order valence-corrected chi connectivity index (χ2v) is 2.73. The Balaban J connectivity index is 2.77. The maximum Gasteiger partial charge on any atom is 0.201 e. The van der Waals surface area contributed by atoms with Crippen molar-refractivity contribution in [3.8, 4) is 6.07 Å². The smallest absolute Gasteiger partial charge is 0.201 e. The molecule has 0 fully saturated rings. The number of imidazole rings is 1. The molecule has 0 saturated carbocycles. The van der Waals surface area contributed by atoms with Gasteiger partial charge in [0.05, 0.1) is 22.7 Å². The molecule has 4 heteroatoms. The van der Waals surface area contributed by atoms with E-state index in [1.54, 1.807) is 18.2 Å². The second-order valence-electron chi connectivity index (χ2n) is 2.37. The average Bonchev–Trinajstić information content (AvgIpc) is 2.43. The summed E-state index contributed by atoms with van der Waals surface area (Å²) in [6.07, 6.45) is 0. The highest BCUT2D eigenvalue weighted by Crippen LogP contribution is 2.15. The Hall–Kier alpha value is -1.53. The van der Waals surface area contributed by atoms with Gasteiger partial charge in [-0.15, -0.1) is 0 Å². The summed E-state index contributed by atoms with van der Waals surface area (Å²) < 4.78 is 0. The number of hydrogen-bond donors (Lipinski definition) is 1. The number of nitrogens with one attached hydrogen (secondary N) is 1. The molecule has 2 rings (SSSR count). The van der Waals surface area contributed by atoms with Crippen LogP contribution in [0.3, 0.4) is 0 Å². The van der Waals surface area contributed by atoms with Gasteiger partial charge in [0.1, 0.15) is 0 Å². The summed E-state index contributed by atoms with van der Waals surface area (Å²) in [4.78, 5) is 6.83. The van der Waals surface area contributed by atoms with Crippen LogP contribution in [0.5, 0.6) is 0 Å². The number of nitrogens with zero attached hydrogens (tertiary/aromatic N) is 2. The lowest BCUT2D eigenvalue weighted by Gasteiger charge is -1.86. The topological polar surface area (TPSA) is 52.5 Å². The van der Waals surface area contributed by atoms with Crippen LogP contribution in [0.4, 0.5) is 0 Å². The first-order valence-corrected chi connectivity index (χ1v) is 3.73. The van der Waals surface area contributed by atoms with Gasteiger partial charge in [-0.05, 0) is 29.8 Å². The van der Waals surface area contributed by atoms with Gasteiger partial charge in [0.25, 0.3) is 0 Å². The van der Waals surface area contributed by atoms with Gasteiger partial charge in [0, 0.05) is 0 Å². The predicted octanol–water partition coefficient (Wildman–Crippen LogP) is 2.09. The molecule has 0 bridgehead atoms. The highest BCUT2D eigenvalue weighted by Gasteiger charge is 2.00. The van der Waals surface area contributed by atoms with Crippen LogP contribution in [0.25, 0.3) is 11.0 Å². The number of H-pyrrole nitrogens is 1. The van der Waals surface area contributed by atoms with Gasteiger partial charge in [0.15, 0.2) is 0 Å². The maximum atomic E-state index is 8.59. The Morgan fingerprint density at radius 2 is 2.33 bits per heavy atom. The number of nitriles is 1. The third-order valence-corrected chi connectivity index (χ3v) is 1.76. The summed E-state index contributed by atoms with van der Waals surface area (Å²) in [5.74, 6) is 0. The SMILES string of the molecule is N#Cc1ccc2nc(Cl)[nH]c2c1. The number of aromatic nitrogens is 2. The maximum absolute atomic E-state index is 8.59. The van der Waals surface area contributed by atoms with Crippen molar-refractivity contribution >= 4 is 22.6 Å². The van der Waals surface area contributed by atoms with Crippen LogP contribution in [0.2, 0.25) is 5.28 Å². The van der Waals surface area contributed by atoms with Gasteiger partial charge in [-0.3, -0.25) is 0 Å². The lowest BCUT2D eigenvalue weighted by atomic mass is 10.2. The number of aromatic amines is 1. The highest BCUT2D eigenvalue weighted by atomic mass is 35.5. The molecule has 0 atom stereocenters. The van der Waals surface area contributed by atoms with Crippen molar-refractivity contribution in [2.45, 2.75) is 0 Å². The number of rotatable bonds is 0. The van der Waals surface area contributed by atoms with E-state index >= 15 is 0 Å². The van der Waals surface area contributed by atoms with Gasteiger partial charge < -0.3 is 4.98 Å². The van der Waals surface area contributed by atoms with E-state index in [4.69, 9.17) is 16.9 Å². The standard InChI is InChI=1S/C8H4ClN3/c9-8-11-6-2-1-5(4-10)3-7(6)12-8/h1-3H,(H,11,12). The fraction of sp³-hybridized carbons (Fsp3) is 0. The summed E-state index contributed by atoms with van der Waals surface area (Å²) in [5, 5.41) is 8.93. The normalized spacial score (nSPS) is 10.0. The zero-order valence-electron chi connectivity index (χ0n) is 6.00. The van der Waals surface area contributed by atoms with Crippen molar-refractivity contribution < 1.29 is 0 Å². The quantitative estimate of drug-likeness (QED) is 0.670. The van der Waals surface area contributed by atoms with E-state index < -0.39 is 0 Å². The molecule has 12 heavy (non-hydrogen) atoms. The zero-order valence-corrected chi connectivity index (χ0v) is 6.76. The first kappa shape index (κ1) is 7.14. The molecule has 1 heterocycles. The van der Waals surface area contributed by atoms with E-state index in [2.05, 4.69) is 9.97 Å². The Kier molecular flexibility index (Phi) is 1.49. The minimum Gasteiger partial charge on any atom is -0.329 e. The summed E-state index contributed by atoms with van der Waals surface area (Å²) in [6, 6.07) is 7.22. The molecule has 0 aliphatic carbocycles. The van der Waals surface area contributed by atoms with Crippen LogP contribution in [0.15, 0.2) is 18.2 Å². The Labute approximate surface area is 73.6 Å². The lowest BCUT2D eigenvalue weighted by molar-refractivity contribution is 1.34. The molecule has 1 aromatic carbocycles. The third-order valence-electron chi connectivity index (χ3n) is 1.58. The van der Waals surface area contributed by atoms with E-state index in [0.717, 1.165) is 11.0 Å². The molecule has 2 aromatic rings. The van der Waals surface area contributed by atoms with Gasteiger partial charge in [-0.25, -0.2) is 4.98 Å². The number of hydrogen-bond acceptors (Lipinski definition) is 2. The fourth-order valence-electron chi connectivity index (χ4n) is 1.05. The summed E-state index contributed by atoms with van der Waals surface area (Å²) in [5.41, 5.74) is 2.17. The van der Waals surface area contributed by atoms with Crippen LogP contribution in [-0.4, -0.2) is 9.97 Å². The van der Waals surface area contributed by atoms with Crippen molar-refractivity contribution in [2.24, 2.45) is 0 Å². The zero-order chi connectivity index (χ0) is 8.55. The molecule has 1 aromatic heterocycles. The minimum atomic E-state index is 0.347. The van der Waals surface area contributed by atoms with Gasteiger partial charge in [-0.2, -0.15) is 5.26 Å². The summed E-state index contributed by atoms with van der Waals surface area (Å²) in [6.45, 7) is 0. The fourth-order valence-corrected chi connectivity index (χ4v) is 1.24. The van der Waals surface area contributed by atoms with Gasteiger partial charge in [-0.1, -0.05) is 0 Å². The van der Waals surface area contributed by atoms with Crippen LogP contribution in [-0.2, 0) is 0 Å². The molecular weight excluding hydrogens is 174 g/mol. The van der Waals surface area contributed by atoms with Crippen molar-refractivity contribution in [2.75, 3.05) is 0 Å². The summed E-state index contributed by atoms with van der Waals surface area (Å²) in [7, 11) is 0. The van der Waals surface area contributed by atoms with Crippen molar-refractivity contribution in [1.29, 1.82) is 5.26 Å². The third kappa shape index (κ3) is 1.03. The molecule has 1 N–H and O–H groups in total. The molecular formula is C8H4ClN3. The first-order chi connectivity index (χ1) is 5.79. The van der Waals surface area contributed by atoms with E-state index in [0.29, 0.717) is 10.8 Å². The second kappa shape index (κ2) is 2.50. The monoisotopic (exact) mass is 177 g/mol. The van der Waals surface area contributed by atoms with E-state index in [9.17, 15) is 0 Å². The Bertz CT molecular complexity index is 467. The number of fused-ring (bicyclic) bond motifs is 1. The minimum absolute atomic E-state index is 0.347. The van der Waals surface area contributed by atoms with Crippen molar-refractivity contribution in [3.63, 3.8) is 0 Å². The molecule has 0 aliphatic rings. The first-order valence-electron chi connectivity index (χ1n) is 3.35. The molecule has 0 spiro atoms. The Morgan fingerprint density at radius 1 is 1.50 bits per heavy atom. The van der Waals surface area contributed by atoms with Crippen molar-refractivity contribution in [3.05, 3.63) is 29.0 Å². The van der Waals surface area contributed by atoms with Gasteiger partial charge >= 0.3 is 0 Å². The predicted molar refractivity (Wildman–Crippen MR) is 45.8 cm³/mol. The van der Waals surface area contributed by atoms with Crippen molar-refractivity contribution in [1.82, 2.24) is 9.97 Å². The van der Waals surface area contributed by atoms with Crippen LogP contribution >= 0.6 is 11.6 Å². The van der Waals surface area contributed by atoms with Crippen LogP contribution < -0.4 is 0 Å². The van der Waals surface area contributed by atoms with Crippen LogP contribution in [0, 0.1) is 11.3 Å². The average molecular weight is 178 g/mol. The molecule has 0 unspecified atom stereocenters. The molecule has 0 amide bonds. The molecule has 0 saturated heterocycles. The largest absolute Gasteiger partial charge is 0.329 e. The summed E-state index contributed by atoms with van der Waals surface area (Å²) >= 11 is 5.63. The van der Waals surface area contributed by atoms with E-state index in [1.165, 1.54) is 0 Å². The molecule has 3 nitrogen and oxygen atoms in total. The van der Waals surface area contributed by atoms with E-state index in [1.807, 2.05) is 6.07 Å². The highest BCUT2D eigenvalue weighted by molar-refractivity contribution is 6.29. The number of halogens is 1. The molecule has 0 radical (unpaired) electrons. The molecule has 58 valence electrons. The molecule has 0 aliphatic heterocycles. The van der Waals surface area contributed by atoms with Gasteiger partial charge in [0.2, 0.25) is 5.28 Å². The lowest BCUT2D eigenvalue weighted by Crippen LogP contribution is -1.73.